The molecule has 1 N–H and O–H groups in total. The molecule has 0 saturated carbocycles. The van der Waals surface area contributed by atoms with Gasteiger partial charge in [-0.1, -0.05) is 0 Å². The lowest BCUT2D eigenvalue weighted by atomic mass is 10.1. The summed E-state index contributed by atoms with van der Waals surface area (Å²) in [5.41, 5.74) is 1.58. The van der Waals surface area contributed by atoms with Crippen LogP contribution in [0, 0.1) is 0 Å². The molecule has 30 heavy (non-hydrogen) atoms. The van der Waals surface area contributed by atoms with Crippen molar-refractivity contribution in [1.29, 1.82) is 0 Å². The average Bonchev–Trinajstić information content (AvgIpc) is 3.22. The van der Waals surface area contributed by atoms with Crippen LogP contribution in [0.5, 0.6) is 17.2 Å². The van der Waals surface area contributed by atoms with E-state index in [9.17, 15) is 9.59 Å². The van der Waals surface area contributed by atoms with Gasteiger partial charge in [0.05, 0.1) is 12.3 Å². The van der Waals surface area contributed by atoms with Crippen molar-refractivity contribution in [2.45, 2.75) is 19.9 Å². The zero-order chi connectivity index (χ0) is 21.1. The standard InChI is InChI=1S/C22H21N3O5/c1-3-28-17-7-4-15(5-8-17)18-9-11-21(26)25(24-18)14(2)22(27)23-16-6-10-19-20(12-16)30-13-29-19/h4-12,14H,3,13H2,1-2H3,(H,23,27). The molecule has 2 heterocycles. The first kappa shape index (κ1) is 19.5. The van der Waals surface area contributed by atoms with Crippen molar-refractivity contribution in [3.8, 4) is 28.5 Å². The Morgan fingerprint density at radius 3 is 2.67 bits per heavy atom. The molecule has 154 valence electrons. The number of carbonyl (C=O) groups excluding carboxylic acids is 1. The predicted octanol–water partition coefficient (Wildman–Crippen LogP) is 3.24. The summed E-state index contributed by atoms with van der Waals surface area (Å²) in [5, 5.41) is 7.18. The Labute approximate surface area is 173 Å². The van der Waals surface area contributed by atoms with E-state index in [-0.39, 0.29) is 18.3 Å². The summed E-state index contributed by atoms with van der Waals surface area (Å²) in [7, 11) is 0. The van der Waals surface area contributed by atoms with Gasteiger partial charge in [0.15, 0.2) is 11.5 Å². The number of benzene rings is 2. The number of nitrogens with zero attached hydrogens (tertiary/aromatic N) is 2. The number of nitrogens with one attached hydrogen (secondary N) is 1. The Bertz CT molecular complexity index is 1120. The number of anilines is 1. The molecule has 2 aromatic carbocycles. The second kappa shape index (κ2) is 8.28. The lowest BCUT2D eigenvalue weighted by Gasteiger charge is -2.15. The highest BCUT2D eigenvalue weighted by molar-refractivity contribution is 5.93. The Morgan fingerprint density at radius 2 is 1.90 bits per heavy atom. The number of rotatable bonds is 6. The predicted molar refractivity (Wildman–Crippen MR) is 111 cm³/mol. The van der Waals surface area contributed by atoms with Gasteiger partial charge in [0.2, 0.25) is 12.7 Å². The number of fused-ring (bicyclic) bond motifs is 1. The minimum Gasteiger partial charge on any atom is -0.494 e. The third-order valence-electron chi connectivity index (χ3n) is 4.67. The van der Waals surface area contributed by atoms with Crippen LogP contribution >= 0.6 is 0 Å². The van der Waals surface area contributed by atoms with E-state index in [4.69, 9.17) is 14.2 Å². The molecule has 3 aromatic rings. The van der Waals surface area contributed by atoms with Gasteiger partial charge < -0.3 is 19.5 Å². The van der Waals surface area contributed by atoms with Gasteiger partial charge in [0.25, 0.3) is 5.56 Å². The molecule has 1 aliphatic rings. The van der Waals surface area contributed by atoms with Crippen LogP contribution in [-0.2, 0) is 4.79 Å². The van der Waals surface area contributed by atoms with Crippen LogP contribution in [0.1, 0.15) is 19.9 Å². The zero-order valence-corrected chi connectivity index (χ0v) is 16.6. The van der Waals surface area contributed by atoms with E-state index in [1.165, 1.54) is 10.7 Å². The highest BCUT2D eigenvalue weighted by atomic mass is 16.7. The van der Waals surface area contributed by atoms with E-state index in [1.54, 1.807) is 31.2 Å². The fourth-order valence-electron chi connectivity index (χ4n) is 3.08. The quantitative estimate of drug-likeness (QED) is 0.675. The molecule has 0 radical (unpaired) electrons. The molecule has 8 nitrogen and oxygen atoms in total. The average molecular weight is 407 g/mol. The maximum absolute atomic E-state index is 12.7. The van der Waals surface area contributed by atoms with Crippen molar-refractivity contribution in [1.82, 2.24) is 9.78 Å². The SMILES string of the molecule is CCOc1ccc(-c2ccc(=O)n(C(C)C(=O)Nc3ccc4c(c3)OCO4)n2)cc1. The van der Waals surface area contributed by atoms with Crippen LogP contribution in [0.3, 0.4) is 0 Å². The summed E-state index contributed by atoms with van der Waals surface area (Å²) in [6, 6.07) is 14.7. The summed E-state index contributed by atoms with van der Waals surface area (Å²) >= 11 is 0. The zero-order valence-electron chi connectivity index (χ0n) is 16.6. The first-order chi connectivity index (χ1) is 14.5. The molecule has 0 saturated heterocycles. The minimum atomic E-state index is -0.814. The topological polar surface area (TPSA) is 91.7 Å². The number of hydrogen-bond donors (Lipinski definition) is 1. The molecule has 0 aliphatic carbocycles. The van der Waals surface area contributed by atoms with Gasteiger partial charge in [0.1, 0.15) is 11.8 Å². The van der Waals surface area contributed by atoms with Gasteiger partial charge in [-0.2, -0.15) is 5.10 Å². The number of carbonyl (C=O) groups is 1. The Kier molecular flexibility index (Phi) is 5.38. The molecule has 1 atom stereocenters. The third kappa shape index (κ3) is 3.98. The second-order valence-electron chi connectivity index (χ2n) is 6.69. The van der Waals surface area contributed by atoms with Gasteiger partial charge in [-0.3, -0.25) is 9.59 Å². The van der Waals surface area contributed by atoms with Crippen molar-refractivity contribution in [2.75, 3.05) is 18.7 Å². The maximum atomic E-state index is 12.7. The Hall–Kier alpha value is -3.81. The summed E-state index contributed by atoms with van der Waals surface area (Å²) in [6.07, 6.45) is 0. The highest BCUT2D eigenvalue weighted by Crippen LogP contribution is 2.34. The molecule has 1 aromatic heterocycles. The van der Waals surface area contributed by atoms with E-state index in [1.807, 2.05) is 31.2 Å². The molecule has 1 aliphatic heterocycles. The van der Waals surface area contributed by atoms with Crippen molar-refractivity contribution in [2.24, 2.45) is 0 Å². The number of aromatic nitrogens is 2. The van der Waals surface area contributed by atoms with Crippen LogP contribution < -0.4 is 25.1 Å². The maximum Gasteiger partial charge on any atom is 0.267 e. The molecule has 0 spiro atoms. The molecule has 0 fully saturated rings. The van der Waals surface area contributed by atoms with Gasteiger partial charge in [-0.15, -0.1) is 0 Å². The van der Waals surface area contributed by atoms with E-state index in [2.05, 4.69) is 10.4 Å². The van der Waals surface area contributed by atoms with Gasteiger partial charge in [0, 0.05) is 23.4 Å². The van der Waals surface area contributed by atoms with Crippen molar-refractivity contribution < 1.29 is 19.0 Å². The summed E-state index contributed by atoms with van der Waals surface area (Å²) in [5.74, 6) is 1.58. The number of ether oxygens (including phenoxy) is 3. The van der Waals surface area contributed by atoms with Crippen LogP contribution in [-0.4, -0.2) is 29.1 Å². The molecular weight excluding hydrogens is 386 g/mol. The number of amides is 1. The fourth-order valence-corrected chi connectivity index (χ4v) is 3.08. The second-order valence-corrected chi connectivity index (χ2v) is 6.69. The Morgan fingerprint density at radius 1 is 1.13 bits per heavy atom. The van der Waals surface area contributed by atoms with Gasteiger partial charge in [-0.05, 0) is 56.3 Å². The molecule has 0 bridgehead atoms. The van der Waals surface area contributed by atoms with E-state index < -0.39 is 6.04 Å². The van der Waals surface area contributed by atoms with Crippen LogP contribution in [0.15, 0.2) is 59.4 Å². The number of hydrogen-bond acceptors (Lipinski definition) is 6. The molecule has 1 unspecified atom stereocenters. The monoisotopic (exact) mass is 407 g/mol. The van der Waals surface area contributed by atoms with Crippen LogP contribution in [0.4, 0.5) is 5.69 Å². The first-order valence-corrected chi connectivity index (χ1v) is 9.59. The van der Waals surface area contributed by atoms with Gasteiger partial charge >= 0.3 is 0 Å². The lowest BCUT2D eigenvalue weighted by molar-refractivity contribution is -0.119. The molecule has 1 amide bonds. The highest BCUT2D eigenvalue weighted by Gasteiger charge is 2.20. The summed E-state index contributed by atoms with van der Waals surface area (Å²) < 4.78 is 17.2. The largest absolute Gasteiger partial charge is 0.494 e. The van der Waals surface area contributed by atoms with Crippen molar-refractivity contribution in [3.05, 3.63) is 65.0 Å². The van der Waals surface area contributed by atoms with Crippen LogP contribution in [0.25, 0.3) is 11.3 Å². The third-order valence-corrected chi connectivity index (χ3v) is 4.67. The lowest BCUT2D eigenvalue weighted by Crippen LogP contribution is -2.33. The minimum absolute atomic E-state index is 0.154. The normalized spacial score (nSPS) is 13.0. The first-order valence-electron chi connectivity index (χ1n) is 9.59. The summed E-state index contributed by atoms with van der Waals surface area (Å²) in [6.45, 7) is 4.28. The van der Waals surface area contributed by atoms with E-state index in [0.29, 0.717) is 29.5 Å². The van der Waals surface area contributed by atoms with E-state index in [0.717, 1.165) is 11.3 Å². The van der Waals surface area contributed by atoms with Crippen molar-refractivity contribution in [3.63, 3.8) is 0 Å². The van der Waals surface area contributed by atoms with E-state index >= 15 is 0 Å². The molecule has 8 heteroatoms. The summed E-state index contributed by atoms with van der Waals surface area (Å²) in [4.78, 5) is 25.1. The Balaban J connectivity index is 1.54. The molecule has 4 rings (SSSR count). The van der Waals surface area contributed by atoms with Gasteiger partial charge in [-0.25, -0.2) is 4.68 Å². The molecular formula is C22H21N3O5. The fraction of sp³-hybridized carbons (Fsp3) is 0.227. The smallest absolute Gasteiger partial charge is 0.267 e. The van der Waals surface area contributed by atoms with Crippen molar-refractivity contribution >= 4 is 11.6 Å². The van der Waals surface area contributed by atoms with Crippen LogP contribution in [0.2, 0.25) is 0 Å².